The van der Waals surface area contributed by atoms with Crippen LogP contribution >= 0.6 is 0 Å². The van der Waals surface area contributed by atoms with Crippen LogP contribution in [0.25, 0.3) is 0 Å². The highest BCUT2D eigenvalue weighted by molar-refractivity contribution is 5.76. The van der Waals surface area contributed by atoms with Gasteiger partial charge < -0.3 is 10.6 Å². The maximum Gasteiger partial charge on any atom is 0.224 e. The third-order valence-corrected chi connectivity index (χ3v) is 2.33. The zero-order valence-electron chi connectivity index (χ0n) is 9.91. The summed E-state index contributed by atoms with van der Waals surface area (Å²) in [5.74, 6) is -1.92. The van der Waals surface area contributed by atoms with Crippen LogP contribution in [0, 0.1) is 11.6 Å². The molecule has 0 saturated heterocycles. The standard InChI is InChI=1S/C12H16F2N2O/c1-8(15)5-12(17)16(2)7-9-3-4-10(13)11(14)6-9/h3-4,6,8H,5,7,15H2,1-2H3. The van der Waals surface area contributed by atoms with E-state index in [-0.39, 0.29) is 24.9 Å². The van der Waals surface area contributed by atoms with Gasteiger partial charge in [0.2, 0.25) is 5.91 Å². The third kappa shape index (κ3) is 4.11. The Hall–Kier alpha value is -1.49. The van der Waals surface area contributed by atoms with Crippen molar-refractivity contribution in [2.24, 2.45) is 5.73 Å². The van der Waals surface area contributed by atoms with E-state index in [1.54, 1.807) is 14.0 Å². The molecular formula is C12H16F2N2O. The summed E-state index contributed by atoms with van der Waals surface area (Å²) >= 11 is 0. The van der Waals surface area contributed by atoms with Crippen molar-refractivity contribution in [2.45, 2.75) is 25.9 Å². The molecule has 0 bridgehead atoms. The molecule has 5 heteroatoms. The Bertz CT molecular complexity index is 407. The maximum absolute atomic E-state index is 12.9. The summed E-state index contributed by atoms with van der Waals surface area (Å²) in [6.45, 7) is 1.98. The van der Waals surface area contributed by atoms with E-state index in [4.69, 9.17) is 5.73 Å². The molecule has 17 heavy (non-hydrogen) atoms. The predicted molar refractivity (Wildman–Crippen MR) is 61.1 cm³/mol. The first-order valence-electron chi connectivity index (χ1n) is 5.33. The minimum Gasteiger partial charge on any atom is -0.341 e. The lowest BCUT2D eigenvalue weighted by Gasteiger charge is -2.18. The van der Waals surface area contributed by atoms with Gasteiger partial charge in [-0.3, -0.25) is 4.79 Å². The smallest absolute Gasteiger partial charge is 0.224 e. The van der Waals surface area contributed by atoms with Crippen molar-refractivity contribution < 1.29 is 13.6 Å². The number of nitrogens with two attached hydrogens (primary N) is 1. The molecule has 1 atom stereocenters. The summed E-state index contributed by atoms with van der Waals surface area (Å²) < 4.78 is 25.6. The molecule has 1 rings (SSSR count). The predicted octanol–water partition coefficient (Wildman–Crippen LogP) is 1.66. The number of amides is 1. The van der Waals surface area contributed by atoms with Gasteiger partial charge in [-0.25, -0.2) is 8.78 Å². The lowest BCUT2D eigenvalue weighted by molar-refractivity contribution is -0.130. The molecule has 0 spiro atoms. The second-order valence-electron chi connectivity index (χ2n) is 4.18. The maximum atomic E-state index is 12.9. The summed E-state index contributed by atoms with van der Waals surface area (Å²) in [6, 6.07) is 3.38. The molecule has 1 unspecified atom stereocenters. The summed E-state index contributed by atoms with van der Waals surface area (Å²) in [7, 11) is 1.60. The zero-order chi connectivity index (χ0) is 13.0. The van der Waals surface area contributed by atoms with Gasteiger partial charge in [-0.1, -0.05) is 6.07 Å². The van der Waals surface area contributed by atoms with E-state index in [1.165, 1.54) is 11.0 Å². The Balaban J connectivity index is 2.64. The SMILES string of the molecule is CC(N)CC(=O)N(C)Cc1ccc(F)c(F)c1. The van der Waals surface area contributed by atoms with Crippen molar-refractivity contribution in [3.8, 4) is 0 Å². The first kappa shape index (κ1) is 13.6. The van der Waals surface area contributed by atoms with Gasteiger partial charge in [0.25, 0.3) is 0 Å². The van der Waals surface area contributed by atoms with E-state index < -0.39 is 11.6 Å². The second-order valence-corrected chi connectivity index (χ2v) is 4.18. The highest BCUT2D eigenvalue weighted by atomic mass is 19.2. The van der Waals surface area contributed by atoms with Crippen LogP contribution in [0.2, 0.25) is 0 Å². The number of carbonyl (C=O) groups excluding carboxylic acids is 1. The van der Waals surface area contributed by atoms with Gasteiger partial charge in [0.1, 0.15) is 0 Å². The molecular weight excluding hydrogens is 226 g/mol. The lowest BCUT2D eigenvalue weighted by atomic mass is 10.2. The van der Waals surface area contributed by atoms with E-state index >= 15 is 0 Å². The van der Waals surface area contributed by atoms with Crippen LogP contribution < -0.4 is 5.73 Å². The van der Waals surface area contributed by atoms with Crippen LogP contribution in [0.3, 0.4) is 0 Å². The zero-order valence-corrected chi connectivity index (χ0v) is 9.91. The summed E-state index contributed by atoms with van der Waals surface area (Å²) in [5.41, 5.74) is 6.06. The van der Waals surface area contributed by atoms with E-state index in [0.29, 0.717) is 5.56 Å². The van der Waals surface area contributed by atoms with Crippen molar-refractivity contribution in [3.63, 3.8) is 0 Å². The molecule has 0 aliphatic rings. The molecule has 1 amide bonds. The minimum atomic E-state index is -0.907. The normalized spacial score (nSPS) is 12.3. The Kier molecular flexibility index (Phi) is 4.57. The number of halogens is 2. The molecule has 0 aliphatic heterocycles. The van der Waals surface area contributed by atoms with Gasteiger partial charge in [0.15, 0.2) is 11.6 Å². The Morgan fingerprint density at radius 2 is 2.06 bits per heavy atom. The molecule has 0 heterocycles. The highest BCUT2D eigenvalue weighted by Crippen LogP contribution is 2.11. The summed E-state index contributed by atoms with van der Waals surface area (Å²) in [4.78, 5) is 13.0. The fraction of sp³-hybridized carbons (Fsp3) is 0.417. The Morgan fingerprint density at radius 1 is 1.41 bits per heavy atom. The highest BCUT2D eigenvalue weighted by Gasteiger charge is 2.12. The fourth-order valence-electron chi connectivity index (χ4n) is 1.43. The molecule has 0 aliphatic carbocycles. The van der Waals surface area contributed by atoms with Crippen LogP contribution in [-0.2, 0) is 11.3 Å². The van der Waals surface area contributed by atoms with E-state index in [0.717, 1.165) is 12.1 Å². The van der Waals surface area contributed by atoms with Crippen molar-refractivity contribution >= 4 is 5.91 Å². The second kappa shape index (κ2) is 5.72. The topological polar surface area (TPSA) is 46.3 Å². The first-order chi connectivity index (χ1) is 7.90. The van der Waals surface area contributed by atoms with Crippen LogP contribution in [-0.4, -0.2) is 23.9 Å². The van der Waals surface area contributed by atoms with Crippen LogP contribution in [0.4, 0.5) is 8.78 Å². The van der Waals surface area contributed by atoms with Crippen LogP contribution in [0.5, 0.6) is 0 Å². The molecule has 94 valence electrons. The fourth-order valence-corrected chi connectivity index (χ4v) is 1.43. The van der Waals surface area contributed by atoms with Gasteiger partial charge in [-0.15, -0.1) is 0 Å². The average Bonchev–Trinajstić information content (AvgIpc) is 2.22. The monoisotopic (exact) mass is 242 g/mol. The average molecular weight is 242 g/mol. The first-order valence-corrected chi connectivity index (χ1v) is 5.33. The van der Waals surface area contributed by atoms with Crippen molar-refractivity contribution in [3.05, 3.63) is 35.4 Å². The molecule has 0 radical (unpaired) electrons. The Morgan fingerprint density at radius 3 is 2.59 bits per heavy atom. The van der Waals surface area contributed by atoms with Crippen molar-refractivity contribution in [2.75, 3.05) is 7.05 Å². The van der Waals surface area contributed by atoms with Gasteiger partial charge >= 0.3 is 0 Å². The van der Waals surface area contributed by atoms with Gasteiger partial charge in [-0.05, 0) is 24.6 Å². The largest absolute Gasteiger partial charge is 0.341 e. The lowest BCUT2D eigenvalue weighted by Crippen LogP contribution is -2.31. The number of benzene rings is 1. The quantitative estimate of drug-likeness (QED) is 0.872. The molecule has 0 fully saturated rings. The summed E-state index contributed by atoms with van der Waals surface area (Å²) in [5, 5.41) is 0. The molecule has 0 saturated carbocycles. The van der Waals surface area contributed by atoms with E-state index in [2.05, 4.69) is 0 Å². The number of hydrogen-bond acceptors (Lipinski definition) is 2. The van der Waals surface area contributed by atoms with Crippen LogP contribution in [0.15, 0.2) is 18.2 Å². The number of nitrogens with zero attached hydrogens (tertiary/aromatic N) is 1. The molecule has 1 aromatic carbocycles. The third-order valence-electron chi connectivity index (χ3n) is 2.33. The number of carbonyl (C=O) groups is 1. The number of hydrogen-bond donors (Lipinski definition) is 1. The number of rotatable bonds is 4. The van der Waals surface area contributed by atoms with Crippen molar-refractivity contribution in [1.82, 2.24) is 4.90 Å². The van der Waals surface area contributed by atoms with E-state index in [1.807, 2.05) is 0 Å². The van der Waals surface area contributed by atoms with Gasteiger partial charge in [0, 0.05) is 26.1 Å². The molecule has 2 N–H and O–H groups in total. The molecule has 3 nitrogen and oxygen atoms in total. The molecule has 0 aromatic heterocycles. The van der Waals surface area contributed by atoms with Gasteiger partial charge in [0.05, 0.1) is 0 Å². The van der Waals surface area contributed by atoms with Gasteiger partial charge in [-0.2, -0.15) is 0 Å². The van der Waals surface area contributed by atoms with E-state index in [9.17, 15) is 13.6 Å². The van der Waals surface area contributed by atoms with Crippen LogP contribution in [0.1, 0.15) is 18.9 Å². The minimum absolute atomic E-state index is 0.121. The Labute approximate surface area is 99.2 Å². The van der Waals surface area contributed by atoms with Crippen molar-refractivity contribution in [1.29, 1.82) is 0 Å². The molecule has 1 aromatic rings. The summed E-state index contributed by atoms with van der Waals surface area (Å²) in [6.07, 6.45) is 0.236.